The van der Waals surface area contributed by atoms with Gasteiger partial charge in [-0.25, -0.2) is 0 Å². The Kier molecular flexibility index (Phi) is 12.1. The van der Waals surface area contributed by atoms with Crippen molar-refractivity contribution in [2.45, 2.75) is 33.6 Å². The van der Waals surface area contributed by atoms with Gasteiger partial charge in [0.2, 0.25) is 5.91 Å². The van der Waals surface area contributed by atoms with Crippen LogP contribution in [0.2, 0.25) is 0 Å². The fourth-order valence-corrected chi connectivity index (χ4v) is 2.99. The Balaban J connectivity index is 0.00000625. The molecule has 0 aliphatic heterocycles. The Hall–Kier alpha value is -0.830. The largest absolute Gasteiger partial charge is 0.359 e. The van der Waals surface area contributed by atoms with E-state index in [2.05, 4.69) is 62.0 Å². The monoisotopic (exact) mass is 538 g/mol. The van der Waals surface area contributed by atoms with E-state index in [9.17, 15) is 4.79 Å². The number of aliphatic imine (C=N–C) groups is 1. The maximum atomic E-state index is 11.9. The molecule has 0 aliphatic rings. The van der Waals surface area contributed by atoms with Crippen LogP contribution in [0, 0.1) is 11.3 Å². The zero-order valence-corrected chi connectivity index (χ0v) is 20.3. The van der Waals surface area contributed by atoms with Crippen LogP contribution >= 0.6 is 39.9 Å². The molecule has 26 heavy (non-hydrogen) atoms. The Morgan fingerprint density at radius 3 is 2.54 bits per heavy atom. The van der Waals surface area contributed by atoms with Crippen molar-refractivity contribution in [2.75, 3.05) is 27.2 Å². The normalized spacial score (nSPS) is 12.8. The number of nitrogens with one attached hydrogen (secondary N) is 3. The molecule has 0 spiro atoms. The van der Waals surface area contributed by atoms with Gasteiger partial charge in [0, 0.05) is 31.7 Å². The van der Waals surface area contributed by atoms with Crippen molar-refractivity contribution in [1.82, 2.24) is 16.0 Å². The molecule has 1 aromatic rings. The first-order valence-electron chi connectivity index (χ1n) is 8.73. The lowest BCUT2D eigenvalue weighted by atomic mass is 9.92. The average Bonchev–Trinajstić information content (AvgIpc) is 2.59. The van der Waals surface area contributed by atoms with Crippen LogP contribution in [0.4, 0.5) is 0 Å². The third kappa shape index (κ3) is 8.70. The second kappa shape index (κ2) is 12.5. The molecule has 0 fully saturated rings. The SMILES string of the molecule is CCC(CNC(=NC)NCC(C)(C)C(=O)NC)Cc1cccc(Br)c1.I. The molecule has 0 radical (unpaired) electrons. The number of carbonyl (C=O) groups excluding carboxylic acids is 1. The highest BCUT2D eigenvalue weighted by Crippen LogP contribution is 2.17. The van der Waals surface area contributed by atoms with Crippen molar-refractivity contribution in [3.05, 3.63) is 34.3 Å². The third-order valence-corrected chi connectivity index (χ3v) is 4.81. The minimum Gasteiger partial charge on any atom is -0.359 e. The van der Waals surface area contributed by atoms with E-state index in [4.69, 9.17) is 0 Å². The molecule has 0 saturated heterocycles. The standard InChI is InChI=1S/C19H31BrN4O.HI/c1-6-14(10-15-8-7-9-16(20)11-15)12-23-18(22-5)24-13-19(2,3)17(25)21-4;/h7-9,11,14H,6,10,12-13H2,1-5H3,(H,21,25)(H2,22,23,24);1H. The molecule has 0 aromatic heterocycles. The van der Waals surface area contributed by atoms with Crippen LogP contribution in [0.1, 0.15) is 32.8 Å². The number of guanidine groups is 1. The molecule has 0 bridgehead atoms. The van der Waals surface area contributed by atoms with E-state index in [1.807, 2.05) is 19.9 Å². The summed E-state index contributed by atoms with van der Waals surface area (Å²) in [7, 11) is 3.41. The van der Waals surface area contributed by atoms with Crippen LogP contribution in [0.5, 0.6) is 0 Å². The highest BCUT2D eigenvalue weighted by atomic mass is 127. The van der Waals surface area contributed by atoms with Crippen LogP contribution in [-0.4, -0.2) is 39.1 Å². The summed E-state index contributed by atoms with van der Waals surface area (Å²) in [6.45, 7) is 7.38. The summed E-state index contributed by atoms with van der Waals surface area (Å²) in [6, 6.07) is 8.44. The molecule has 5 nitrogen and oxygen atoms in total. The lowest BCUT2D eigenvalue weighted by Gasteiger charge is -2.25. The zero-order valence-electron chi connectivity index (χ0n) is 16.4. The maximum absolute atomic E-state index is 11.9. The first-order chi connectivity index (χ1) is 11.8. The minimum absolute atomic E-state index is 0. The summed E-state index contributed by atoms with van der Waals surface area (Å²) in [5, 5.41) is 9.32. The summed E-state index contributed by atoms with van der Waals surface area (Å²) in [5.74, 6) is 1.25. The fraction of sp³-hybridized carbons (Fsp3) is 0.579. The van der Waals surface area contributed by atoms with Gasteiger partial charge in [0.05, 0.1) is 5.41 Å². The van der Waals surface area contributed by atoms with E-state index >= 15 is 0 Å². The van der Waals surface area contributed by atoms with E-state index in [-0.39, 0.29) is 29.9 Å². The molecule has 1 unspecified atom stereocenters. The van der Waals surface area contributed by atoms with E-state index in [1.165, 1.54) is 5.56 Å². The van der Waals surface area contributed by atoms with E-state index in [1.54, 1.807) is 14.1 Å². The topological polar surface area (TPSA) is 65.5 Å². The van der Waals surface area contributed by atoms with Gasteiger partial charge in [-0.1, -0.05) is 41.4 Å². The van der Waals surface area contributed by atoms with Gasteiger partial charge in [0.15, 0.2) is 5.96 Å². The number of hydrogen-bond acceptors (Lipinski definition) is 2. The van der Waals surface area contributed by atoms with Gasteiger partial charge < -0.3 is 16.0 Å². The Morgan fingerprint density at radius 1 is 1.31 bits per heavy atom. The number of amides is 1. The first kappa shape index (κ1) is 25.2. The highest BCUT2D eigenvalue weighted by Gasteiger charge is 2.26. The minimum atomic E-state index is -0.493. The van der Waals surface area contributed by atoms with Crippen LogP contribution in [0.3, 0.4) is 0 Å². The molecule has 148 valence electrons. The Labute approximate surface area is 183 Å². The molecule has 0 aliphatic carbocycles. The average molecular weight is 539 g/mol. The number of rotatable bonds is 8. The second-order valence-electron chi connectivity index (χ2n) is 6.88. The number of nitrogens with zero attached hydrogens (tertiary/aromatic N) is 1. The van der Waals surface area contributed by atoms with Crippen molar-refractivity contribution in [3.63, 3.8) is 0 Å². The van der Waals surface area contributed by atoms with E-state index < -0.39 is 5.41 Å². The van der Waals surface area contributed by atoms with Crippen molar-refractivity contribution >= 4 is 51.8 Å². The van der Waals surface area contributed by atoms with Crippen molar-refractivity contribution in [2.24, 2.45) is 16.3 Å². The van der Waals surface area contributed by atoms with Gasteiger partial charge in [-0.15, -0.1) is 24.0 Å². The van der Waals surface area contributed by atoms with Gasteiger partial charge in [-0.2, -0.15) is 0 Å². The first-order valence-corrected chi connectivity index (χ1v) is 9.52. The predicted molar refractivity (Wildman–Crippen MR) is 124 cm³/mol. The van der Waals surface area contributed by atoms with Crippen LogP contribution in [0.15, 0.2) is 33.7 Å². The van der Waals surface area contributed by atoms with E-state index in [0.717, 1.165) is 29.8 Å². The number of carbonyl (C=O) groups is 1. The number of benzene rings is 1. The van der Waals surface area contributed by atoms with Crippen molar-refractivity contribution in [1.29, 1.82) is 0 Å². The van der Waals surface area contributed by atoms with Crippen molar-refractivity contribution in [3.8, 4) is 0 Å². The molecule has 0 heterocycles. The van der Waals surface area contributed by atoms with Crippen molar-refractivity contribution < 1.29 is 4.79 Å². The molecule has 0 saturated carbocycles. The van der Waals surface area contributed by atoms with Gasteiger partial charge in [-0.05, 0) is 43.9 Å². The van der Waals surface area contributed by atoms with Gasteiger partial charge in [-0.3, -0.25) is 9.79 Å². The maximum Gasteiger partial charge on any atom is 0.227 e. The molecule has 1 amide bonds. The third-order valence-electron chi connectivity index (χ3n) is 4.31. The van der Waals surface area contributed by atoms with E-state index in [0.29, 0.717) is 12.5 Å². The quantitative estimate of drug-likeness (QED) is 0.269. The highest BCUT2D eigenvalue weighted by molar-refractivity contribution is 14.0. The molecular weight excluding hydrogens is 507 g/mol. The predicted octanol–water partition coefficient (Wildman–Crippen LogP) is 3.57. The summed E-state index contributed by atoms with van der Waals surface area (Å²) in [4.78, 5) is 16.1. The van der Waals surface area contributed by atoms with Crippen LogP contribution < -0.4 is 16.0 Å². The summed E-state index contributed by atoms with van der Waals surface area (Å²) in [5.41, 5.74) is 0.832. The second-order valence-corrected chi connectivity index (χ2v) is 7.79. The molecule has 3 N–H and O–H groups in total. The summed E-state index contributed by atoms with van der Waals surface area (Å²) >= 11 is 3.53. The summed E-state index contributed by atoms with van der Waals surface area (Å²) < 4.78 is 1.11. The Morgan fingerprint density at radius 2 is 2.00 bits per heavy atom. The molecule has 7 heteroatoms. The van der Waals surface area contributed by atoms with Crippen LogP contribution in [0.25, 0.3) is 0 Å². The lowest BCUT2D eigenvalue weighted by Crippen LogP contribution is -2.48. The smallest absolute Gasteiger partial charge is 0.227 e. The van der Waals surface area contributed by atoms with Gasteiger partial charge in [0.25, 0.3) is 0 Å². The number of halogens is 2. The fourth-order valence-electron chi connectivity index (χ4n) is 2.54. The molecular formula is C19H32BrIN4O. The number of hydrogen-bond donors (Lipinski definition) is 3. The molecule has 1 aromatic carbocycles. The van der Waals surface area contributed by atoms with Gasteiger partial charge in [0.1, 0.15) is 0 Å². The van der Waals surface area contributed by atoms with Gasteiger partial charge >= 0.3 is 0 Å². The zero-order chi connectivity index (χ0) is 18.9. The lowest BCUT2D eigenvalue weighted by molar-refractivity contribution is -0.128. The molecule has 1 atom stereocenters. The van der Waals surface area contributed by atoms with Crippen LogP contribution in [-0.2, 0) is 11.2 Å². The Bertz CT molecular complexity index is 593. The summed E-state index contributed by atoms with van der Waals surface area (Å²) in [6.07, 6.45) is 2.10. The molecule has 1 rings (SSSR count).